The average Bonchev–Trinajstić information content (AvgIpc) is 2.70. The monoisotopic (exact) mass is 442 g/mol. The van der Waals surface area contributed by atoms with Crippen LogP contribution >= 0.6 is 23.2 Å². The minimum Gasteiger partial charge on any atom is -0.379 e. The molecule has 0 bridgehead atoms. The highest BCUT2D eigenvalue weighted by molar-refractivity contribution is 7.89. The number of benzene rings is 2. The minimum absolute atomic E-state index is 0.0436. The standard InChI is InChI=1S/C19H20Cl2N2O4S/c1-22(13-14-2-4-15(20)5-3-14)19(24)17-12-16(6-7-18(17)21)28(25,26)23-8-10-27-11-9-23/h2-7,12H,8-11,13H2,1H3. The molecule has 0 saturated carbocycles. The largest absolute Gasteiger partial charge is 0.379 e. The number of nitrogens with zero attached hydrogens (tertiary/aromatic N) is 2. The lowest BCUT2D eigenvalue weighted by Crippen LogP contribution is -2.40. The van der Waals surface area contributed by atoms with Gasteiger partial charge in [0.1, 0.15) is 0 Å². The molecule has 0 N–H and O–H groups in total. The van der Waals surface area contributed by atoms with Gasteiger partial charge in [-0.1, -0.05) is 35.3 Å². The minimum atomic E-state index is -3.71. The van der Waals surface area contributed by atoms with Crippen LogP contribution in [-0.2, 0) is 21.3 Å². The van der Waals surface area contributed by atoms with Gasteiger partial charge in [0, 0.05) is 31.7 Å². The van der Waals surface area contributed by atoms with Gasteiger partial charge in [-0.2, -0.15) is 4.31 Å². The number of carbonyl (C=O) groups is 1. The van der Waals surface area contributed by atoms with E-state index in [0.29, 0.717) is 24.8 Å². The van der Waals surface area contributed by atoms with Crippen LogP contribution in [0.3, 0.4) is 0 Å². The molecule has 0 aliphatic carbocycles. The van der Waals surface area contributed by atoms with Crippen molar-refractivity contribution in [3.05, 3.63) is 63.6 Å². The van der Waals surface area contributed by atoms with E-state index in [9.17, 15) is 13.2 Å². The summed E-state index contributed by atoms with van der Waals surface area (Å²) < 4.78 is 32.3. The van der Waals surface area contributed by atoms with Crippen LogP contribution in [0, 0.1) is 0 Å². The molecule has 1 amide bonds. The molecule has 1 fully saturated rings. The van der Waals surface area contributed by atoms with E-state index in [-0.39, 0.29) is 34.5 Å². The first-order valence-corrected chi connectivity index (χ1v) is 10.9. The van der Waals surface area contributed by atoms with E-state index in [2.05, 4.69) is 0 Å². The summed E-state index contributed by atoms with van der Waals surface area (Å²) in [4.78, 5) is 14.4. The average molecular weight is 443 g/mol. The van der Waals surface area contributed by atoms with Gasteiger partial charge in [-0.3, -0.25) is 4.79 Å². The van der Waals surface area contributed by atoms with Gasteiger partial charge in [0.2, 0.25) is 10.0 Å². The third kappa shape index (κ3) is 4.67. The lowest BCUT2D eigenvalue weighted by molar-refractivity contribution is 0.0730. The summed E-state index contributed by atoms with van der Waals surface area (Å²) >= 11 is 12.1. The van der Waals surface area contributed by atoms with Crippen LogP contribution in [0.2, 0.25) is 10.0 Å². The van der Waals surface area contributed by atoms with E-state index in [1.54, 1.807) is 19.2 Å². The summed E-state index contributed by atoms with van der Waals surface area (Å²) in [5.41, 5.74) is 1.04. The van der Waals surface area contributed by atoms with E-state index in [1.807, 2.05) is 12.1 Å². The molecule has 0 radical (unpaired) electrons. The van der Waals surface area contributed by atoms with Gasteiger partial charge in [-0.05, 0) is 35.9 Å². The van der Waals surface area contributed by atoms with Crippen molar-refractivity contribution < 1.29 is 17.9 Å². The van der Waals surface area contributed by atoms with Crippen LogP contribution in [0.1, 0.15) is 15.9 Å². The quantitative estimate of drug-likeness (QED) is 0.712. The second kappa shape index (κ2) is 8.80. The Morgan fingerprint density at radius 2 is 1.75 bits per heavy atom. The number of ether oxygens (including phenoxy) is 1. The Morgan fingerprint density at radius 3 is 2.39 bits per heavy atom. The predicted octanol–water partition coefficient (Wildman–Crippen LogP) is 3.29. The molecule has 0 spiro atoms. The highest BCUT2D eigenvalue weighted by atomic mass is 35.5. The summed E-state index contributed by atoms with van der Waals surface area (Å²) in [6, 6.07) is 11.4. The number of hydrogen-bond donors (Lipinski definition) is 0. The lowest BCUT2D eigenvalue weighted by Gasteiger charge is -2.26. The van der Waals surface area contributed by atoms with Crippen molar-refractivity contribution in [2.75, 3.05) is 33.4 Å². The fraction of sp³-hybridized carbons (Fsp3) is 0.316. The number of sulfonamides is 1. The molecule has 1 saturated heterocycles. The van der Waals surface area contributed by atoms with Crippen molar-refractivity contribution in [3.63, 3.8) is 0 Å². The smallest absolute Gasteiger partial charge is 0.255 e. The Hall–Kier alpha value is -1.64. The summed E-state index contributed by atoms with van der Waals surface area (Å²) in [5.74, 6) is -0.362. The van der Waals surface area contributed by atoms with Gasteiger partial charge in [0.05, 0.1) is 28.7 Å². The van der Waals surface area contributed by atoms with Crippen molar-refractivity contribution in [1.29, 1.82) is 0 Å². The first-order valence-electron chi connectivity index (χ1n) is 8.66. The van der Waals surface area contributed by atoms with Gasteiger partial charge in [0.25, 0.3) is 5.91 Å². The molecule has 0 aromatic heterocycles. The fourth-order valence-electron chi connectivity index (χ4n) is 2.91. The van der Waals surface area contributed by atoms with Crippen molar-refractivity contribution in [1.82, 2.24) is 9.21 Å². The van der Waals surface area contributed by atoms with E-state index in [4.69, 9.17) is 27.9 Å². The molecule has 2 aromatic rings. The van der Waals surface area contributed by atoms with Crippen molar-refractivity contribution in [3.8, 4) is 0 Å². The molecule has 1 aliphatic heterocycles. The van der Waals surface area contributed by atoms with Gasteiger partial charge in [-0.15, -0.1) is 0 Å². The number of carbonyl (C=O) groups excluding carboxylic acids is 1. The molecule has 2 aromatic carbocycles. The molecule has 28 heavy (non-hydrogen) atoms. The van der Waals surface area contributed by atoms with Crippen LogP contribution in [-0.4, -0.2) is 56.9 Å². The summed E-state index contributed by atoms with van der Waals surface area (Å²) in [5, 5.41) is 0.815. The topological polar surface area (TPSA) is 66.9 Å². The van der Waals surface area contributed by atoms with Crippen molar-refractivity contribution in [2.24, 2.45) is 0 Å². The maximum Gasteiger partial charge on any atom is 0.255 e. The zero-order valence-electron chi connectivity index (χ0n) is 15.3. The molecule has 0 unspecified atom stereocenters. The normalized spacial score (nSPS) is 15.4. The Balaban J connectivity index is 1.84. The second-order valence-corrected chi connectivity index (χ2v) is 9.23. The van der Waals surface area contributed by atoms with Gasteiger partial charge in [-0.25, -0.2) is 8.42 Å². The molecule has 1 aliphatic rings. The number of halogens is 2. The van der Waals surface area contributed by atoms with Crippen LogP contribution < -0.4 is 0 Å². The molecule has 9 heteroatoms. The Bertz CT molecular complexity index is 958. The molecular weight excluding hydrogens is 423 g/mol. The molecule has 0 atom stereocenters. The summed E-state index contributed by atoms with van der Waals surface area (Å²) in [7, 11) is -2.08. The first kappa shape index (κ1) is 21.1. The molecule has 150 valence electrons. The number of morpholine rings is 1. The van der Waals surface area contributed by atoms with Crippen LogP contribution in [0.15, 0.2) is 47.4 Å². The SMILES string of the molecule is CN(Cc1ccc(Cl)cc1)C(=O)c1cc(S(=O)(=O)N2CCOCC2)ccc1Cl. The number of hydrogen-bond acceptors (Lipinski definition) is 4. The van der Waals surface area contributed by atoms with E-state index < -0.39 is 10.0 Å². The number of rotatable bonds is 5. The molecule has 6 nitrogen and oxygen atoms in total. The molecule has 3 rings (SSSR count). The van der Waals surface area contributed by atoms with Crippen molar-refractivity contribution >= 4 is 39.1 Å². The maximum atomic E-state index is 12.9. The predicted molar refractivity (Wildman–Crippen MR) is 108 cm³/mol. The van der Waals surface area contributed by atoms with Crippen LogP contribution in [0.5, 0.6) is 0 Å². The summed E-state index contributed by atoms with van der Waals surface area (Å²) in [6.07, 6.45) is 0. The van der Waals surface area contributed by atoms with Crippen LogP contribution in [0.4, 0.5) is 0 Å². The third-order valence-electron chi connectivity index (χ3n) is 4.46. The number of amides is 1. The Labute approximate surface area is 174 Å². The highest BCUT2D eigenvalue weighted by Gasteiger charge is 2.28. The highest BCUT2D eigenvalue weighted by Crippen LogP contribution is 2.25. The van der Waals surface area contributed by atoms with Gasteiger partial charge >= 0.3 is 0 Å². The Morgan fingerprint density at radius 1 is 1.11 bits per heavy atom. The second-order valence-electron chi connectivity index (χ2n) is 6.45. The Kier molecular flexibility index (Phi) is 6.62. The third-order valence-corrected chi connectivity index (χ3v) is 6.93. The van der Waals surface area contributed by atoms with E-state index >= 15 is 0 Å². The van der Waals surface area contributed by atoms with Gasteiger partial charge in [0.15, 0.2) is 0 Å². The van der Waals surface area contributed by atoms with E-state index in [1.165, 1.54) is 27.4 Å². The molecule has 1 heterocycles. The van der Waals surface area contributed by atoms with Crippen LogP contribution in [0.25, 0.3) is 0 Å². The van der Waals surface area contributed by atoms with Crippen molar-refractivity contribution in [2.45, 2.75) is 11.4 Å². The van der Waals surface area contributed by atoms with Gasteiger partial charge < -0.3 is 9.64 Å². The summed E-state index contributed by atoms with van der Waals surface area (Å²) in [6.45, 7) is 1.60. The molecular formula is C19H20Cl2N2O4S. The zero-order chi connectivity index (χ0) is 20.3. The lowest BCUT2D eigenvalue weighted by atomic mass is 10.1. The van der Waals surface area contributed by atoms with E-state index in [0.717, 1.165) is 5.56 Å². The first-order chi connectivity index (χ1) is 13.3. The fourth-order valence-corrected chi connectivity index (χ4v) is 4.66. The zero-order valence-corrected chi connectivity index (χ0v) is 17.6. The maximum absolute atomic E-state index is 12.9.